The van der Waals surface area contributed by atoms with Crippen LogP contribution in [0, 0.1) is 0 Å². The number of anilines is 1. The highest BCUT2D eigenvalue weighted by molar-refractivity contribution is 5.37. The summed E-state index contributed by atoms with van der Waals surface area (Å²) in [5.41, 5.74) is 2.21. The van der Waals surface area contributed by atoms with Crippen molar-refractivity contribution in [2.45, 2.75) is 32.2 Å². The van der Waals surface area contributed by atoms with Crippen molar-refractivity contribution in [1.82, 2.24) is 24.2 Å². The van der Waals surface area contributed by atoms with Crippen LogP contribution in [0.5, 0.6) is 0 Å². The lowest BCUT2D eigenvalue weighted by molar-refractivity contribution is 0.241. The van der Waals surface area contributed by atoms with Gasteiger partial charge >= 0.3 is 0 Å². The van der Waals surface area contributed by atoms with Gasteiger partial charge in [-0.1, -0.05) is 0 Å². The normalized spacial score (nSPS) is 17.7. The molecule has 1 aliphatic carbocycles. The van der Waals surface area contributed by atoms with E-state index in [9.17, 15) is 9.59 Å². The van der Waals surface area contributed by atoms with Crippen molar-refractivity contribution >= 4 is 5.82 Å². The van der Waals surface area contributed by atoms with E-state index in [0.29, 0.717) is 6.54 Å². The summed E-state index contributed by atoms with van der Waals surface area (Å²) >= 11 is 0. The number of hydrogen-bond donors (Lipinski definition) is 0. The van der Waals surface area contributed by atoms with Crippen molar-refractivity contribution in [3.05, 3.63) is 50.4 Å². The molecule has 8 nitrogen and oxygen atoms in total. The fourth-order valence-corrected chi connectivity index (χ4v) is 3.82. The number of piperazine rings is 1. The molecule has 1 saturated heterocycles. The van der Waals surface area contributed by atoms with E-state index in [2.05, 4.69) is 19.9 Å². The summed E-state index contributed by atoms with van der Waals surface area (Å²) in [5, 5.41) is 4.60. The van der Waals surface area contributed by atoms with Crippen LogP contribution in [0.3, 0.4) is 0 Å². The highest BCUT2D eigenvalue weighted by Crippen LogP contribution is 2.17. The number of aryl methyl sites for hydroxylation is 3. The van der Waals surface area contributed by atoms with Gasteiger partial charge in [0.25, 0.3) is 11.1 Å². The highest BCUT2D eigenvalue weighted by atomic mass is 16.1. The molecule has 2 aromatic heterocycles. The maximum Gasteiger partial charge on any atom is 0.267 e. The molecular weight excluding hydrogens is 344 g/mol. The summed E-state index contributed by atoms with van der Waals surface area (Å²) in [4.78, 5) is 32.9. The van der Waals surface area contributed by atoms with Crippen molar-refractivity contribution in [3.8, 4) is 0 Å². The van der Waals surface area contributed by atoms with Gasteiger partial charge in [-0.15, -0.1) is 0 Å². The number of fused-ring (bicyclic) bond motifs is 1. The largest absolute Gasteiger partial charge is 0.354 e. The summed E-state index contributed by atoms with van der Waals surface area (Å²) in [6.07, 6.45) is 5.86. The molecule has 27 heavy (non-hydrogen) atoms. The number of hydrogen-bond acceptors (Lipinski definition) is 6. The zero-order valence-corrected chi connectivity index (χ0v) is 15.8. The maximum atomic E-state index is 12.3. The van der Waals surface area contributed by atoms with E-state index in [4.69, 9.17) is 0 Å². The first-order valence-corrected chi connectivity index (χ1v) is 9.70. The molecule has 0 unspecified atom stereocenters. The maximum absolute atomic E-state index is 12.3. The predicted molar refractivity (Wildman–Crippen MR) is 103 cm³/mol. The van der Waals surface area contributed by atoms with Gasteiger partial charge in [0.1, 0.15) is 5.82 Å². The molecule has 0 N–H and O–H groups in total. The monoisotopic (exact) mass is 370 g/mol. The first kappa shape index (κ1) is 17.9. The lowest BCUT2D eigenvalue weighted by atomic mass is 9.97. The first-order valence-electron chi connectivity index (χ1n) is 9.70. The molecule has 2 aliphatic rings. The molecular formula is C19H26N6O2. The van der Waals surface area contributed by atoms with E-state index in [1.54, 1.807) is 30.2 Å². The average molecular weight is 370 g/mol. The van der Waals surface area contributed by atoms with Crippen molar-refractivity contribution < 1.29 is 0 Å². The van der Waals surface area contributed by atoms with Crippen LogP contribution in [-0.4, -0.2) is 57.0 Å². The zero-order chi connectivity index (χ0) is 18.8. The third kappa shape index (κ3) is 3.95. The molecule has 2 aromatic rings. The van der Waals surface area contributed by atoms with E-state index in [1.807, 2.05) is 0 Å². The predicted octanol–water partition coefficient (Wildman–Crippen LogP) is 0.0380. The van der Waals surface area contributed by atoms with Crippen LogP contribution < -0.4 is 16.0 Å². The van der Waals surface area contributed by atoms with Gasteiger partial charge < -0.3 is 9.47 Å². The Bertz CT molecular complexity index is 927. The van der Waals surface area contributed by atoms with Crippen LogP contribution >= 0.6 is 0 Å². The Morgan fingerprint density at radius 2 is 1.74 bits per heavy atom. The zero-order valence-electron chi connectivity index (χ0n) is 15.8. The summed E-state index contributed by atoms with van der Waals surface area (Å²) in [6, 6.07) is 3.37. The first-order chi connectivity index (χ1) is 13.1. The van der Waals surface area contributed by atoms with Gasteiger partial charge in [0.05, 0.1) is 18.6 Å². The van der Waals surface area contributed by atoms with Gasteiger partial charge in [-0.3, -0.25) is 14.5 Å². The Hall–Kier alpha value is -2.48. The summed E-state index contributed by atoms with van der Waals surface area (Å²) in [5.74, 6) is 0.741. The Labute approximate surface area is 158 Å². The number of aromatic nitrogens is 4. The molecule has 8 heteroatoms. The molecule has 0 radical (unpaired) electrons. The molecule has 0 spiro atoms. The molecule has 1 fully saturated rings. The van der Waals surface area contributed by atoms with Crippen LogP contribution in [0.25, 0.3) is 0 Å². The van der Waals surface area contributed by atoms with Crippen LogP contribution in [-0.2, 0) is 26.4 Å². The van der Waals surface area contributed by atoms with E-state index >= 15 is 0 Å². The smallest absolute Gasteiger partial charge is 0.267 e. The van der Waals surface area contributed by atoms with Crippen LogP contribution in [0.1, 0.15) is 24.1 Å². The second kappa shape index (κ2) is 7.64. The Morgan fingerprint density at radius 1 is 0.963 bits per heavy atom. The van der Waals surface area contributed by atoms with Gasteiger partial charge in [0.15, 0.2) is 0 Å². The lowest BCUT2D eigenvalue weighted by Gasteiger charge is -2.35. The average Bonchev–Trinajstić information content (AvgIpc) is 2.69. The standard InChI is InChI=1S/C19H26N6O2/c1-22-14-20-17(13-18(22)26)24-9-6-23(7-10-24)8-11-25-19(27)12-15-4-2-3-5-16(15)21-25/h12-14H,2-11H2,1H3. The Kier molecular flexibility index (Phi) is 5.07. The van der Waals surface area contributed by atoms with Crippen molar-refractivity contribution in [1.29, 1.82) is 0 Å². The van der Waals surface area contributed by atoms with E-state index in [-0.39, 0.29) is 11.1 Å². The molecule has 144 valence electrons. The summed E-state index contributed by atoms with van der Waals surface area (Å²) in [7, 11) is 1.70. The van der Waals surface area contributed by atoms with Gasteiger partial charge in [0.2, 0.25) is 0 Å². The van der Waals surface area contributed by atoms with Crippen LogP contribution in [0.4, 0.5) is 5.82 Å². The molecule has 0 bridgehead atoms. The van der Waals surface area contributed by atoms with E-state index < -0.39 is 0 Å². The molecule has 3 heterocycles. The fraction of sp³-hybridized carbons (Fsp3) is 0.579. The number of nitrogens with zero attached hydrogens (tertiary/aromatic N) is 6. The third-order valence-electron chi connectivity index (χ3n) is 5.56. The van der Waals surface area contributed by atoms with Crippen molar-refractivity contribution in [3.63, 3.8) is 0 Å². The SMILES string of the molecule is Cn1cnc(N2CCN(CCn3nc4c(cc3=O)CCCC4)CC2)cc1=O. The minimum absolute atomic E-state index is 0.0126. The number of rotatable bonds is 4. The molecule has 1 aliphatic heterocycles. The minimum Gasteiger partial charge on any atom is -0.354 e. The van der Waals surface area contributed by atoms with E-state index in [1.165, 1.54) is 4.57 Å². The van der Waals surface area contributed by atoms with Crippen LogP contribution in [0.15, 0.2) is 28.0 Å². The van der Waals surface area contributed by atoms with Crippen molar-refractivity contribution in [2.24, 2.45) is 7.05 Å². The minimum atomic E-state index is -0.0414. The fourth-order valence-electron chi connectivity index (χ4n) is 3.82. The molecule has 4 rings (SSSR count). The van der Waals surface area contributed by atoms with E-state index in [0.717, 1.165) is 75.5 Å². The summed E-state index contributed by atoms with van der Waals surface area (Å²) < 4.78 is 3.10. The molecule has 0 amide bonds. The van der Waals surface area contributed by atoms with Gasteiger partial charge in [-0.2, -0.15) is 5.10 Å². The Morgan fingerprint density at radius 3 is 2.52 bits per heavy atom. The second-order valence-electron chi connectivity index (χ2n) is 7.41. The highest BCUT2D eigenvalue weighted by Gasteiger charge is 2.19. The third-order valence-corrected chi connectivity index (χ3v) is 5.56. The topological polar surface area (TPSA) is 76.3 Å². The van der Waals surface area contributed by atoms with Crippen LogP contribution in [0.2, 0.25) is 0 Å². The molecule has 0 atom stereocenters. The molecule has 0 saturated carbocycles. The van der Waals surface area contributed by atoms with Crippen molar-refractivity contribution in [2.75, 3.05) is 37.6 Å². The second-order valence-corrected chi connectivity index (χ2v) is 7.41. The lowest BCUT2D eigenvalue weighted by Crippen LogP contribution is -2.48. The van der Waals surface area contributed by atoms with Gasteiger partial charge in [0, 0.05) is 51.9 Å². The van der Waals surface area contributed by atoms with Gasteiger partial charge in [-0.25, -0.2) is 9.67 Å². The molecule has 0 aromatic carbocycles. The quantitative estimate of drug-likeness (QED) is 0.756. The van der Waals surface area contributed by atoms with Gasteiger partial charge in [-0.05, 0) is 31.2 Å². The Balaban J connectivity index is 1.34. The summed E-state index contributed by atoms with van der Waals surface area (Å²) in [6.45, 7) is 4.85.